The topological polar surface area (TPSA) is 0 Å². The summed E-state index contributed by atoms with van der Waals surface area (Å²) >= 11 is 6.96. The van der Waals surface area contributed by atoms with Crippen molar-refractivity contribution in [3.05, 3.63) is 34.4 Å². The summed E-state index contributed by atoms with van der Waals surface area (Å²) in [5, 5.41) is 1.89. The lowest BCUT2D eigenvalue weighted by molar-refractivity contribution is 1.22. The molecule has 1 rings (SSSR count). The van der Waals surface area contributed by atoms with Crippen LogP contribution in [-0.4, -0.2) is 0 Å². The van der Waals surface area contributed by atoms with Crippen LogP contribution in [0.2, 0.25) is 0 Å². The van der Waals surface area contributed by atoms with Gasteiger partial charge in [-0.3, -0.25) is 0 Å². The van der Waals surface area contributed by atoms with E-state index in [1.54, 1.807) is 0 Å². The van der Waals surface area contributed by atoms with Crippen LogP contribution < -0.4 is 0 Å². The maximum Gasteiger partial charge on any atom is 0.0285 e. The normalized spacial score (nSPS) is 10.3. The molecule has 0 bridgehead atoms. The number of rotatable bonds is 2. The van der Waals surface area contributed by atoms with Gasteiger partial charge in [0.2, 0.25) is 0 Å². The second-order valence-corrected chi connectivity index (χ2v) is 4.09. The Morgan fingerprint density at radius 3 is 1.67 bits per heavy atom. The molecule has 66 valence electrons. The van der Waals surface area contributed by atoms with Crippen LogP contribution in [0.15, 0.2) is 12.1 Å². The summed E-state index contributed by atoms with van der Waals surface area (Å²) < 4.78 is 0. The minimum Gasteiger partial charge on any atom is -0.0876 e. The second-order valence-electron chi connectivity index (χ2n) is 2.97. The van der Waals surface area contributed by atoms with E-state index in [1.165, 1.54) is 22.3 Å². The van der Waals surface area contributed by atoms with Gasteiger partial charge in [-0.15, -0.1) is 0 Å². The largest absolute Gasteiger partial charge is 0.0876 e. The van der Waals surface area contributed by atoms with Gasteiger partial charge in [-0.1, -0.05) is 44.0 Å². The molecule has 2 heteroatoms. The van der Waals surface area contributed by atoms with Crippen molar-refractivity contribution in [1.82, 2.24) is 0 Å². The first kappa shape index (κ1) is 10.3. The molecule has 0 amide bonds. The molecule has 0 radical (unpaired) electrons. The summed E-state index contributed by atoms with van der Waals surface area (Å²) in [6.45, 7) is 4.31. The molecule has 0 atom stereocenters. The Hall–Kier alpha value is 0.180. The van der Waals surface area contributed by atoms with Gasteiger partial charge < -0.3 is 0 Å². The highest BCUT2D eigenvalue weighted by Crippen LogP contribution is 2.20. The molecular formula is C10H12Br2. The molecule has 0 aliphatic rings. The molecule has 0 saturated carbocycles. The molecule has 0 N–H and O–H groups in total. The van der Waals surface area contributed by atoms with Crippen LogP contribution in [0.4, 0.5) is 0 Å². The standard InChI is InChI=1S/C10H12Br2/c1-7-3-8(2)10(6-12)4-9(7)5-11/h3-4H,5-6H2,1-2H3. The number of aryl methyl sites for hydroxylation is 2. The Morgan fingerprint density at radius 1 is 0.917 bits per heavy atom. The predicted molar refractivity (Wildman–Crippen MR) is 61.2 cm³/mol. The summed E-state index contributed by atoms with van der Waals surface area (Å²) in [6.07, 6.45) is 0. The van der Waals surface area contributed by atoms with E-state index >= 15 is 0 Å². The zero-order valence-electron chi connectivity index (χ0n) is 7.32. The maximum absolute atomic E-state index is 3.48. The van der Waals surface area contributed by atoms with Gasteiger partial charge in [0.25, 0.3) is 0 Å². The number of halogens is 2. The molecule has 0 nitrogen and oxygen atoms in total. The van der Waals surface area contributed by atoms with Gasteiger partial charge >= 0.3 is 0 Å². The maximum atomic E-state index is 3.48. The Morgan fingerprint density at radius 2 is 1.33 bits per heavy atom. The number of alkyl halides is 2. The van der Waals surface area contributed by atoms with E-state index in [-0.39, 0.29) is 0 Å². The molecule has 12 heavy (non-hydrogen) atoms. The Labute approximate surface area is 90.6 Å². The summed E-state index contributed by atoms with van der Waals surface area (Å²) in [5.41, 5.74) is 5.51. The molecule has 0 spiro atoms. The van der Waals surface area contributed by atoms with E-state index in [1.807, 2.05) is 0 Å². The van der Waals surface area contributed by atoms with Crippen molar-refractivity contribution in [3.63, 3.8) is 0 Å². The summed E-state index contributed by atoms with van der Waals surface area (Å²) in [6, 6.07) is 4.50. The van der Waals surface area contributed by atoms with E-state index in [4.69, 9.17) is 0 Å². The minimum absolute atomic E-state index is 0.944. The van der Waals surface area contributed by atoms with Gasteiger partial charge in [0.1, 0.15) is 0 Å². The van der Waals surface area contributed by atoms with Crippen molar-refractivity contribution in [2.75, 3.05) is 0 Å². The number of benzene rings is 1. The van der Waals surface area contributed by atoms with E-state index in [9.17, 15) is 0 Å². The monoisotopic (exact) mass is 290 g/mol. The van der Waals surface area contributed by atoms with Crippen molar-refractivity contribution < 1.29 is 0 Å². The van der Waals surface area contributed by atoms with Gasteiger partial charge in [0.05, 0.1) is 0 Å². The van der Waals surface area contributed by atoms with Crippen LogP contribution in [0.25, 0.3) is 0 Å². The highest BCUT2D eigenvalue weighted by Gasteiger charge is 2.01. The van der Waals surface area contributed by atoms with Gasteiger partial charge in [-0.2, -0.15) is 0 Å². The molecule has 0 aliphatic heterocycles. The fourth-order valence-corrected chi connectivity index (χ4v) is 2.44. The number of hydrogen-bond acceptors (Lipinski definition) is 0. The van der Waals surface area contributed by atoms with E-state index in [2.05, 4.69) is 57.8 Å². The van der Waals surface area contributed by atoms with E-state index in [0.717, 1.165) is 10.7 Å². The lowest BCUT2D eigenvalue weighted by atomic mass is 10.0. The quantitative estimate of drug-likeness (QED) is 0.720. The molecule has 0 saturated heterocycles. The van der Waals surface area contributed by atoms with Gasteiger partial charge in [0.15, 0.2) is 0 Å². The molecule has 0 aliphatic carbocycles. The molecule has 0 unspecified atom stereocenters. The average Bonchev–Trinajstić information content (AvgIpc) is 2.05. The van der Waals surface area contributed by atoms with Crippen molar-refractivity contribution in [2.45, 2.75) is 24.5 Å². The lowest BCUT2D eigenvalue weighted by Gasteiger charge is -2.07. The van der Waals surface area contributed by atoms with Crippen molar-refractivity contribution in [2.24, 2.45) is 0 Å². The Balaban J connectivity index is 3.18. The first-order valence-electron chi connectivity index (χ1n) is 3.90. The van der Waals surface area contributed by atoms with Gasteiger partial charge in [-0.05, 0) is 36.1 Å². The summed E-state index contributed by atoms with van der Waals surface area (Å²) in [7, 11) is 0. The molecule has 1 aromatic rings. The smallest absolute Gasteiger partial charge is 0.0285 e. The predicted octanol–water partition coefficient (Wildman–Crippen LogP) is 4.09. The zero-order valence-corrected chi connectivity index (χ0v) is 10.5. The molecule has 0 fully saturated rings. The van der Waals surface area contributed by atoms with Crippen LogP contribution in [0.1, 0.15) is 22.3 Å². The third-order valence-electron chi connectivity index (χ3n) is 2.08. The summed E-state index contributed by atoms with van der Waals surface area (Å²) in [5.74, 6) is 0. The third-order valence-corrected chi connectivity index (χ3v) is 3.29. The van der Waals surface area contributed by atoms with E-state index < -0.39 is 0 Å². The van der Waals surface area contributed by atoms with Crippen LogP contribution in [0.5, 0.6) is 0 Å². The first-order chi connectivity index (χ1) is 5.69. The fourth-order valence-electron chi connectivity index (χ4n) is 1.24. The van der Waals surface area contributed by atoms with Crippen molar-refractivity contribution in [3.8, 4) is 0 Å². The highest BCUT2D eigenvalue weighted by atomic mass is 79.9. The Kier molecular flexibility index (Phi) is 3.78. The first-order valence-corrected chi connectivity index (χ1v) is 6.14. The molecule has 0 heterocycles. The second kappa shape index (κ2) is 4.43. The van der Waals surface area contributed by atoms with Crippen LogP contribution in [0.3, 0.4) is 0 Å². The SMILES string of the molecule is Cc1cc(C)c(CBr)cc1CBr. The highest BCUT2D eigenvalue weighted by molar-refractivity contribution is 9.08. The lowest BCUT2D eigenvalue weighted by Crippen LogP contribution is -1.91. The van der Waals surface area contributed by atoms with Crippen molar-refractivity contribution >= 4 is 31.9 Å². The molecule has 0 aromatic heterocycles. The average molecular weight is 292 g/mol. The van der Waals surface area contributed by atoms with Crippen LogP contribution in [-0.2, 0) is 10.7 Å². The Bertz CT molecular complexity index is 254. The fraction of sp³-hybridized carbons (Fsp3) is 0.400. The third kappa shape index (κ3) is 2.11. The molecular weight excluding hydrogens is 280 g/mol. The zero-order chi connectivity index (χ0) is 9.14. The summed E-state index contributed by atoms with van der Waals surface area (Å²) in [4.78, 5) is 0. The van der Waals surface area contributed by atoms with Crippen LogP contribution in [0, 0.1) is 13.8 Å². The van der Waals surface area contributed by atoms with Gasteiger partial charge in [-0.25, -0.2) is 0 Å². The minimum atomic E-state index is 0.944. The van der Waals surface area contributed by atoms with Crippen molar-refractivity contribution in [1.29, 1.82) is 0 Å². The van der Waals surface area contributed by atoms with Gasteiger partial charge in [0, 0.05) is 10.7 Å². The molecule has 1 aromatic carbocycles. The number of hydrogen-bond donors (Lipinski definition) is 0. The van der Waals surface area contributed by atoms with Crippen LogP contribution >= 0.6 is 31.9 Å². The van der Waals surface area contributed by atoms with E-state index in [0.29, 0.717) is 0 Å².